The maximum absolute atomic E-state index is 13.4. The van der Waals surface area contributed by atoms with Gasteiger partial charge in [-0.05, 0) is 51.0 Å². The lowest BCUT2D eigenvalue weighted by molar-refractivity contribution is 0.0376. The smallest absolute Gasteiger partial charge is 0.280 e. The average molecular weight is 428 g/mol. The zero-order valence-electron chi connectivity index (χ0n) is 17.9. The molecule has 0 aliphatic carbocycles. The molecule has 0 radical (unpaired) electrons. The summed E-state index contributed by atoms with van der Waals surface area (Å²) in [6.45, 7) is 11.2. The molecule has 7 nitrogen and oxygen atoms in total. The summed E-state index contributed by atoms with van der Waals surface area (Å²) in [4.78, 5) is 22.3. The van der Waals surface area contributed by atoms with Crippen LogP contribution in [0.2, 0.25) is 0 Å². The van der Waals surface area contributed by atoms with Gasteiger partial charge in [-0.1, -0.05) is 17.4 Å². The molecular weight excluding hydrogens is 398 g/mol. The van der Waals surface area contributed by atoms with E-state index in [1.54, 1.807) is 22.3 Å². The maximum Gasteiger partial charge on any atom is 0.280 e. The number of hydrogen-bond donors (Lipinski definition) is 0. The van der Waals surface area contributed by atoms with Gasteiger partial charge in [-0.25, -0.2) is 4.98 Å². The lowest BCUT2D eigenvalue weighted by atomic mass is 10.2. The number of carbonyl (C=O) groups excluding carboxylic acids is 1. The predicted octanol–water partition coefficient (Wildman–Crippen LogP) is 3.75. The third kappa shape index (κ3) is 4.71. The summed E-state index contributed by atoms with van der Waals surface area (Å²) in [5, 5.41) is 5.24. The number of ether oxygens (including phenoxy) is 1. The molecule has 0 spiro atoms. The van der Waals surface area contributed by atoms with Crippen molar-refractivity contribution in [2.45, 2.75) is 33.2 Å². The number of amides is 1. The van der Waals surface area contributed by atoms with Crippen LogP contribution in [0.3, 0.4) is 0 Å². The monoisotopic (exact) mass is 427 g/mol. The number of hydrogen-bond acceptors (Lipinski definition) is 6. The molecule has 2 aromatic heterocycles. The van der Waals surface area contributed by atoms with Crippen molar-refractivity contribution < 1.29 is 9.53 Å². The van der Waals surface area contributed by atoms with Crippen LogP contribution in [-0.2, 0) is 4.74 Å². The molecule has 1 fully saturated rings. The first-order valence-corrected chi connectivity index (χ1v) is 11.4. The van der Waals surface area contributed by atoms with Crippen LogP contribution >= 0.6 is 11.3 Å². The highest BCUT2D eigenvalue weighted by molar-refractivity contribution is 7.22. The Morgan fingerprint density at radius 1 is 1.27 bits per heavy atom. The van der Waals surface area contributed by atoms with E-state index in [1.807, 2.05) is 16.9 Å². The minimum Gasteiger partial charge on any atom is -0.379 e. The Morgan fingerprint density at radius 2 is 2.07 bits per heavy atom. The summed E-state index contributed by atoms with van der Waals surface area (Å²) >= 11 is 1.57. The number of morpholine rings is 1. The normalized spacial score (nSPS) is 15.2. The number of benzene rings is 1. The number of carbonyl (C=O) groups is 1. The molecule has 1 aliphatic rings. The van der Waals surface area contributed by atoms with E-state index in [1.165, 1.54) is 5.56 Å². The minimum atomic E-state index is -0.0906. The summed E-state index contributed by atoms with van der Waals surface area (Å²) < 4.78 is 8.35. The molecule has 160 valence electrons. The van der Waals surface area contributed by atoms with E-state index in [9.17, 15) is 4.79 Å². The zero-order valence-corrected chi connectivity index (χ0v) is 18.7. The molecular formula is C22H29N5O2S. The molecule has 0 saturated carbocycles. The van der Waals surface area contributed by atoms with Gasteiger partial charge in [0.05, 0.1) is 23.4 Å². The predicted molar refractivity (Wildman–Crippen MR) is 121 cm³/mol. The van der Waals surface area contributed by atoms with E-state index in [2.05, 4.69) is 42.9 Å². The van der Waals surface area contributed by atoms with Gasteiger partial charge >= 0.3 is 0 Å². The fourth-order valence-corrected chi connectivity index (χ4v) is 4.66. The summed E-state index contributed by atoms with van der Waals surface area (Å²) in [5.41, 5.74) is 2.59. The fourth-order valence-electron chi connectivity index (χ4n) is 3.57. The summed E-state index contributed by atoms with van der Waals surface area (Å²) in [6, 6.07) is 8.22. The van der Waals surface area contributed by atoms with Gasteiger partial charge in [0.2, 0.25) is 0 Å². The van der Waals surface area contributed by atoms with Crippen LogP contribution in [-0.4, -0.2) is 65.0 Å². The van der Waals surface area contributed by atoms with Crippen molar-refractivity contribution >= 4 is 32.6 Å². The lowest BCUT2D eigenvalue weighted by Crippen LogP contribution is -2.39. The Bertz CT molecular complexity index is 1010. The van der Waals surface area contributed by atoms with E-state index >= 15 is 0 Å². The number of aromatic nitrogens is 3. The van der Waals surface area contributed by atoms with Crippen LogP contribution in [0.25, 0.3) is 10.2 Å². The lowest BCUT2D eigenvalue weighted by Gasteiger charge is -2.27. The Morgan fingerprint density at radius 3 is 2.80 bits per heavy atom. The fraction of sp³-hybridized carbons (Fsp3) is 0.500. The van der Waals surface area contributed by atoms with Crippen LogP contribution < -0.4 is 4.90 Å². The quantitative estimate of drug-likeness (QED) is 0.575. The first-order valence-electron chi connectivity index (χ1n) is 10.6. The minimum absolute atomic E-state index is 0.0906. The zero-order chi connectivity index (χ0) is 21.1. The van der Waals surface area contributed by atoms with Crippen molar-refractivity contribution in [2.24, 2.45) is 0 Å². The first-order chi connectivity index (χ1) is 14.5. The molecule has 1 aliphatic heterocycles. The highest BCUT2D eigenvalue weighted by atomic mass is 32.1. The summed E-state index contributed by atoms with van der Waals surface area (Å²) in [5.74, 6) is -0.0906. The third-order valence-corrected chi connectivity index (χ3v) is 6.37. The second-order valence-electron chi connectivity index (χ2n) is 8.01. The van der Waals surface area contributed by atoms with Gasteiger partial charge in [0.25, 0.3) is 5.91 Å². The van der Waals surface area contributed by atoms with Crippen molar-refractivity contribution in [3.8, 4) is 0 Å². The number of nitrogens with zero attached hydrogens (tertiary/aromatic N) is 5. The molecule has 30 heavy (non-hydrogen) atoms. The number of aryl methyl sites for hydroxylation is 1. The highest BCUT2D eigenvalue weighted by Crippen LogP contribution is 2.30. The van der Waals surface area contributed by atoms with Gasteiger partial charge in [0.1, 0.15) is 0 Å². The molecule has 1 amide bonds. The van der Waals surface area contributed by atoms with Crippen LogP contribution in [0, 0.1) is 6.92 Å². The van der Waals surface area contributed by atoms with E-state index in [0.717, 1.165) is 54.6 Å². The topological polar surface area (TPSA) is 63.5 Å². The van der Waals surface area contributed by atoms with Crippen LogP contribution in [0.5, 0.6) is 0 Å². The molecule has 4 rings (SSSR count). The van der Waals surface area contributed by atoms with Crippen molar-refractivity contribution in [1.82, 2.24) is 19.7 Å². The number of thiazole rings is 1. The molecule has 8 heteroatoms. The van der Waals surface area contributed by atoms with Gasteiger partial charge in [0, 0.05) is 38.4 Å². The Hall–Kier alpha value is -2.29. The number of fused-ring (bicyclic) bond motifs is 1. The largest absolute Gasteiger partial charge is 0.379 e. The third-order valence-electron chi connectivity index (χ3n) is 5.33. The van der Waals surface area contributed by atoms with E-state index in [4.69, 9.17) is 9.72 Å². The molecule has 3 heterocycles. The Kier molecular flexibility index (Phi) is 6.46. The van der Waals surface area contributed by atoms with Crippen LogP contribution in [0.1, 0.15) is 42.4 Å². The van der Waals surface area contributed by atoms with Crippen LogP contribution in [0.15, 0.2) is 30.5 Å². The van der Waals surface area contributed by atoms with Crippen molar-refractivity contribution in [3.05, 3.63) is 41.7 Å². The van der Waals surface area contributed by atoms with Gasteiger partial charge in [-0.3, -0.25) is 19.3 Å². The standard InChI is InChI=1S/C22H29N5O2S/c1-16(2)27-10-7-19(24-27)21(28)26(9-4-8-25-11-13-29-14-12-25)22-23-18-6-5-17(3)15-20(18)30-22/h5-7,10,15-16H,4,8-9,11-14H2,1-3H3. The molecule has 0 bridgehead atoms. The molecule has 1 aromatic carbocycles. The molecule has 0 N–H and O–H groups in total. The average Bonchev–Trinajstić information content (AvgIpc) is 3.38. The van der Waals surface area contributed by atoms with Gasteiger partial charge < -0.3 is 4.74 Å². The first kappa shape index (κ1) is 21.0. The molecule has 1 saturated heterocycles. The van der Waals surface area contributed by atoms with E-state index in [0.29, 0.717) is 12.2 Å². The van der Waals surface area contributed by atoms with Crippen molar-refractivity contribution in [2.75, 3.05) is 44.3 Å². The molecule has 0 unspecified atom stereocenters. The summed E-state index contributed by atoms with van der Waals surface area (Å²) in [6.07, 6.45) is 2.75. The van der Waals surface area contributed by atoms with Crippen LogP contribution in [0.4, 0.5) is 5.13 Å². The Balaban J connectivity index is 1.56. The summed E-state index contributed by atoms with van der Waals surface area (Å²) in [7, 11) is 0. The SMILES string of the molecule is Cc1ccc2nc(N(CCCN3CCOCC3)C(=O)c3ccn(C(C)C)n3)sc2c1. The second kappa shape index (κ2) is 9.24. The Labute approximate surface area is 181 Å². The highest BCUT2D eigenvalue weighted by Gasteiger charge is 2.24. The van der Waals surface area contributed by atoms with Crippen molar-refractivity contribution in [1.29, 1.82) is 0 Å². The van der Waals surface area contributed by atoms with Gasteiger partial charge in [0.15, 0.2) is 10.8 Å². The van der Waals surface area contributed by atoms with E-state index < -0.39 is 0 Å². The number of rotatable bonds is 7. The molecule has 3 aromatic rings. The van der Waals surface area contributed by atoms with E-state index in [-0.39, 0.29) is 11.9 Å². The van der Waals surface area contributed by atoms with Crippen molar-refractivity contribution in [3.63, 3.8) is 0 Å². The second-order valence-corrected chi connectivity index (χ2v) is 9.02. The maximum atomic E-state index is 13.4. The van der Waals surface area contributed by atoms with Gasteiger partial charge in [-0.2, -0.15) is 5.10 Å². The van der Waals surface area contributed by atoms with Gasteiger partial charge in [-0.15, -0.1) is 0 Å². The number of anilines is 1. The molecule has 0 atom stereocenters.